The predicted octanol–water partition coefficient (Wildman–Crippen LogP) is 1.90. The molecule has 2 atom stereocenters. The van der Waals surface area contributed by atoms with Gasteiger partial charge in [0.2, 0.25) is 5.91 Å². The Morgan fingerprint density at radius 3 is 3.00 bits per heavy atom. The van der Waals surface area contributed by atoms with Crippen molar-refractivity contribution in [1.82, 2.24) is 20.6 Å². The van der Waals surface area contributed by atoms with Crippen LogP contribution in [-0.2, 0) is 17.6 Å². The molecule has 1 amide bonds. The van der Waals surface area contributed by atoms with Crippen molar-refractivity contribution in [3.63, 3.8) is 0 Å². The number of amides is 1. The minimum atomic E-state index is -0.0751. The molecule has 1 aliphatic carbocycles. The Balaban J connectivity index is 1.80. The smallest absolute Gasteiger partial charge is 0.259 e. The van der Waals surface area contributed by atoms with E-state index in [0.717, 1.165) is 29.5 Å². The van der Waals surface area contributed by atoms with E-state index < -0.39 is 0 Å². The van der Waals surface area contributed by atoms with Crippen molar-refractivity contribution in [1.29, 1.82) is 0 Å². The third-order valence-corrected chi connectivity index (χ3v) is 5.69. The van der Waals surface area contributed by atoms with Crippen LogP contribution in [0.3, 0.4) is 0 Å². The molecule has 1 aliphatic rings. The molecule has 3 rings (SSSR count). The van der Waals surface area contributed by atoms with Gasteiger partial charge in [-0.15, -0.1) is 11.3 Å². The number of hydrogen-bond donors (Lipinski definition) is 3. The summed E-state index contributed by atoms with van der Waals surface area (Å²) in [5, 5.41) is 6.80. The van der Waals surface area contributed by atoms with Crippen LogP contribution in [0.5, 0.6) is 0 Å². The average Bonchev–Trinajstić information content (AvgIpc) is 2.88. The quantitative estimate of drug-likeness (QED) is 0.720. The molecule has 0 aromatic carbocycles. The molecule has 2 heterocycles. The van der Waals surface area contributed by atoms with Crippen molar-refractivity contribution >= 4 is 27.5 Å². The normalized spacial score (nSPS) is 18.4. The van der Waals surface area contributed by atoms with Crippen molar-refractivity contribution in [2.45, 2.75) is 46.1 Å². The fourth-order valence-corrected chi connectivity index (χ4v) is 4.58. The summed E-state index contributed by atoms with van der Waals surface area (Å²) in [6.07, 6.45) is 3.17. The predicted molar refractivity (Wildman–Crippen MR) is 96.5 cm³/mol. The van der Waals surface area contributed by atoms with E-state index in [0.29, 0.717) is 24.8 Å². The number of fused-ring (bicyclic) bond motifs is 3. The third kappa shape index (κ3) is 3.52. The highest BCUT2D eigenvalue weighted by molar-refractivity contribution is 7.18. The summed E-state index contributed by atoms with van der Waals surface area (Å²) < 4.78 is 0. The van der Waals surface area contributed by atoms with Crippen LogP contribution in [0.25, 0.3) is 10.2 Å². The third-order valence-electron chi connectivity index (χ3n) is 4.54. The topological polar surface area (TPSA) is 86.9 Å². The van der Waals surface area contributed by atoms with Crippen molar-refractivity contribution in [3.8, 4) is 0 Å². The van der Waals surface area contributed by atoms with E-state index >= 15 is 0 Å². The SMILES string of the molecule is CC(=O)NCCN[C@H](C)c1nc2sc3c(c2c(=O)[nH]1)CC[C@@H](C)C3. The standard InChI is InChI=1S/C17H24N4O2S/c1-9-4-5-12-13(8-9)24-17-14(12)16(23)20-15(21-17)10(2)18-6-7-19-11(3)22/h9-10,18H,4-8H2,1-3H3,(H,19,22)(H,20,21,23)/t9-,10-/m1/s1. The first kappa shape index (κ1) is 17.1. The summed E-state index contributed by atoms with van der Waals surface area (Å²) in [5.74, 6) is 1.29. The molecule has 0 fully saturated rings. The molecule has 24 heavy (non-hydrogen) atoms. The van der Waals surface area contributed by atoms with Crippen LogP contribution in [0.15, 0.2) is 4.79 Å². The highest BCUT2D eigenvalue weighted by Gasteiger charge is 2.23. The second-order valence-corrected chi connectivity index (χ2v) is 7.73. The van der Waals surface area contributed by atoms with Crippen LogP contribution in [0.2, 0.25) is 0 Å². The minimum absolute atomic E-state index is 0.0300. The Labute approximate surface area is 145 Å². The van der Waals surface area contributed by atoms with E-state index in [-0.39, 0.29) is 17.5 Å². The van der Waals surface area contributed by atoms with Crippen LogP contribution in [0.1, 0.15) is 49.5 Å². The van der Waals surface area contributed by atoms with E-state index in [1.165, 1.54) is 17.4 Å². The maximum absolute atomic E-state index is 12.6. The Morgan fingerprint density at radius 2 is 2.25 bits per heavy atom. The molecule has 0 bridgehead atoms. The minimum Gasteiger partial charge on any atom is -0.355 e. The molecular weight excluding hydrogens is 324 g/mol. The molecule has 0 aliphatic heterocycles. The molecule has 0 radical (unpaired) electrons. The first-order valence-corrected chi connectivity index (χ1v) is 9.29. The van der Waals surface area contributed by atoms with E-state index in [2.05, 4.69) is 22.5 Å². The summed E-state index contributed by atoms with van der Waals surface area (Å²) in [7, 11) is 0. The van der Waals surface area contributed by atoms with Gasteiger partial charge in [0, 0.05) is 24.9 Å². The average molecular weight is 348 g/mol. The van der Waals surface area contributed by atoms with Crippen molar-refractivity contribution in [2.24, 2.45) is 5.92 Å². The number of nitrogens with zero attached hydrogens (tertiary/aromatic N) is 1. The van der Waals surface area contributed by atoms with E-state index in [1.807, 2.05) is 6.92 Å². The lowest BCUT2D eigenvalue weighted by Crippen LogP contribution is -2.32. The second kappa shape index (κ2) is 7.03. The molecule has 0 spiro atoms. The zero-order chi connectivity index (χ0) is 17.3. The number of nitrogens with one attached hydrogen (secondary N) is 3. The van der Waals surface area contributed by atoms with Crippen LogP contribution in [-0.4, -0.2) is 29.0 Å². The lowest BCUT2D eigenvalue weighted by atomic mass is 9.89. The van der Waals surface area contributed by atoms with Gasteiger partial charge in [0.15, 0.2) is 0 Å². The monoisotopic (exact) mass is 348 g/mol. The lowest BCUT2D eigenvalue weighted by Gasteiger charge is -2.17. The van der Waals surface area contributed by atoms with Gasteiger partial charge in [-0.1, -0.05) is 6.92 Å². The summed E-state index contributed by atoms with van der Waals surface area (Å²) in [6.45, 7) is 6.90. The van der Waals surface area contributed by atoms with Gasteiger partial charge in [-0.2, -0.15) is 0 Å². The number of hydrogen-bond acceptors (Lipinski definition) is 5. The Morgan fingerprint density at radius 1 is 1.46 bits per heavy atom. The zero-order valence-electron chi connectivity index (χ0n) is 14.4. The largest absolute Gasteiger partial charge is 0.355 e. The molecule has 0 unspecified atom stereocenters. The molecule has 7 heteroatoms. The molecule has 0 saturated carbocycles. The molecule has 130 valence electrons. The van der Waals surface area contributed by atoms with E-state index in [9.17, 15) is 9.59 Å². The second-order valence-electron chi connectivity index (χ2n) is 6.64. The molecule has 0 saturated heterocycles. The van der Waals surface area contributed by atoms with Crippen molar-refractivity contribution < 1.29 is 4.79 Å². The van der Waals surface area contributed by atoms with E-state index in [1.54, 1.807) is 11.3 Å². The first-order chi connectivity index (χ1) is 11.5. The molecular formula is C17H24N4O2S. The number of carbonyl (C=O) groups is 1. The van der Waals surface area contributed by atoms with Gasteiger partial charge in [0.25, 0.3) is 5.56 Å². The Hall–Kier alpha value is -1.73. The number of aromatic nitrogens is 2. The fraction of sp³-hybridized carbons (Fsp3) is 0.588. The zero-order valence-corrected chi connectivity index (χ0v) is 15.2. The first-order valence-electron chi connectivity index (χ1n) is 8.48. The number of aromatic amines is 1. The van der Waals surface area contributed by atoms with Crippen LogP contribution in [0.4, 0.5) is 0 Å². The van der Waals surface area contributed by atoms with Crippen LogP contribution >= 0.6 is 11.3 Å². The van der Waals surface area contributed by atoms with Gasteiger partial charge in [-0.05, 0) is 37.7 Å². The summed E-state index contributed by atoms with van der Waals surface area (Å²) in [4.78, 5) is 33.2. The molecule has 3 N–H and O–H groups in total. The number of carbonyl (C=O) groups excluding carboxylic acids is 1. The summed E-state index contributed by atoms with van der Waals surface area (Å²) >= 11 is 1.67. The van der Waals surface area contributed by atoms with Crippen molar-refractivity contribution in [3.05, 3.63) is 26.6 Å². The van der Waals surface area contributed by atoms with Gasteiger partial charge in [0.1, 0.15) is 10.7 Å². The molecule has 6 nitrogen and oxygen atoms in total. The molecule has 2 aromatic rings. The Bertz CT molecular complexity index is 811. The van der Waals surface area contributed by atoms with E-state index in [4.69, 9.17) is 4.98 Å². The lowest BCUT2D eigenvalue weighted by molar-refractivity contribution is -0.118. The summed E-state index contributed by atoms with van der Waals surface area (Å²) in [5.41, 5.74) is 1.18. The fourth-order valence-electron chi connectivity index (χ4n) is 3.19. The summed E-state index contributed by atoms with van der Waals surface area (Å²) in [6, 6.07) is -0.0751. The van der Waals surface area contributed by atoms with Gasteiger partial charge in [-0.3, -0.25) is 9.59 Å². The highest BCUT2D eigenvalue weighted by atomic mass is 32.1. The van der Waals surface area contributed by atoms with Gasteiger partial charge < -0.3 is 15.6 Å². The Kier molecular flexibility index (Phi) is 5.01. The van der Waals surface area contributed by atoms with Crippen LogP contribution < -0.4 is 16.2 Å². The van der Waals surface area contributed by atoms with Crippen molar-refractivity contribution in [2.75, 3.05) is 13.1 Å². The van der Waals surface area contributed by atoms with Gasteiger partial charge >= 0.3 is 0 Å². The number of rotatable bonds is 5. The number of aryl methyl sites for hydroxylation is 1. The van der Waals surface area contributed by atoms with Gasteiger partial charge in [-0.25, -0.2) is 4.98 Å². The molecule has 2 aromatic heterocycles. The highest BCUT2D eigenvalue weighted by Crippen LogP contribution is 2.35. The number of thiophene rings is 1. The van der Waals surface area contributed by atoms with Gasteiger partial charge in [0.05, 0.1) is 11.4 Å². The van der Waals surface area contributed by atoms with Crippen LogP contribution in [0, 0.1) is 5.92 Å². The maximum atomic E-state index is 12.6. The maximum Gasteiger partial charge on any atom is 0.259 e. The number of H-pyrrole nitrogens is 1.